The lowest BCUT2D eigenvalue weighted by Crippen LogP contribution is -2.22. The Morgan fingerprint density at radius 3 is 2.59 bits per heavy atom. The number of anilines is 2. The first kappa shape index (κ1) is 22.8. The zero-order valence-electron chi connectivity index (χ0n) is 19.7. The van der Waals surface area contributed by atoms with Crippen LogP contribution in [0.5, 0.6) is 0 Å². The van der Waals surface area contributed by atoms with Gasteiger partial charge < -0.3 is 20.8 Å². The molecule has 2 aliphatic rings. The SMILES string of the molecule is CC(C)(O)c1nn([C@H]2CC[C@H](CO)CC2)cc1NC(=O)c1cnn2ccc(NCC3CC3)nc12. The average Bonchev–Trinajstić information content (AvgIpc) is 3.39. The van der Waals surface area contributed by atoms with Gasteiger partial charge in [-0.25, -0.2) is 9.50 Å². The summed E-state index contributed by atoms with van der Waals surface area (Å²) in [5.74, 6) is 1.42. The van der Waals surface area contributed by atoms with Crippen LogP contribution < -0.4 is 10.6 Å². The van der Waals surface area contributed by atoms with Crippen molar-refractivity contribution in [1.82, 2.24) is 24.4 Å². The van der Waals surface area contributed by atoms with E-state index in [2.05, 4.69) is 25.8 Å². The fourth-order valence-corrected chi connectivity index (χ4v) is 4.60. The maximum atomic E-state index is 13.3. The number of aliphatic hydroxyl groups excluding tert-OH is 1. The molecular weight excluding hydrogens is 434 g/mol. The van der Waals surface area contributed by atoms with Crippen molar-refractivity contribution < 1.29 is 15.0 Å². The Balaban J connectivity index is 1.37. The summed E-state index contributed by atoms with van der Waals surface area (Å²) in [7, 11) is 0. The Morgan fingerprint density at radius 2 is 1.91 bits per heavy atom. The first-order valence-electron chi connectivity index (χ1n) is 12.1. The number of amides is 1. The standard InChI is InChI=1S/C24H33N7O3/c1-24(2,34)21-19(13-31(29-21)17-7-5-16(14-32)6-8-17)27-23(33)18-12-26-30-10-9-20(28-22(18)30)25-11-15-3-4-15/h9-10,12-13,15-17,32,34H,3-8,11,14H2,1-2H3,(H,25,28)(H,27,33)/t16-,17-. The molecule has 0 radical (unpaired) electrons. The molecule has 0 spiro atoms. The van der Waals surface area contributed by atoms with Crippen LogP contribution in [-0.2, 0) is 5.60 Å². The van der Waals surface area contributed by atoms with Crippen LogP contribution in [0.15, 0.2) is 24.7 Å². The number of hydrogen-bond acceptors (Lipinski definition) is 7. The summed E-state index contributed by atoms with van der Waals surface area (Å²) in [5, 5.41) is 35.3. The van der Waals surface area contributed by atoms with E-state index in [1.165, 1.54) is 19.0 Å². The second-order valence-electron chi connectivity index (χ2n) is 10.2. The van der Waals surface area contributed by atoms with Gasteiger partial charge in [0.15, 0.2) is 5.65 Å². The van der Waals surface area contributed by atoms with Crippen molar-refractivity contribution in [2.24, 2.45) is 11.8 Å². The molecule has 3 aromatic heterocycles. The molecule has 2 aliphatic carbocycles. The molecule has 3 aromatic rings. The van der Waals surface area contributed by atoms with E-state index in [4.69, 9.17) is 0 Å². The molecule has 0 aromatic carbocycles. The molecule has 0 aliphatic heterocycles. The van der Waals surface area contributed by atoms with Crippen LogP contribution in [0.4, 0.5) is 11.5 Å². The highest BCUT2D eigenvalue weighted by Crippen LogP contribution is 2.35. The number of hydrogen-bond donors (Lipinski definition) is 4. The van der Waals surface area contributed by atoms with Gasteiger partial charge in [-0.15, -0.1) is 0 Å². The van der Waals surface area contributed by atoms with E-state index in [0.717, 1.165) is 38.0 Å². The minimum atomic E-state index is -1.23. The van der Waals surface area contributed by atoms with Gasteiger partial charge in [0, 0.05) is 25.5 Å². The number of fused-ring (bicyclic) bond motifs is 1. The van der Waals surface area contributed by atoms with Crippen molar-refractivity contribution in [3.05, 3.63) is 35.9 Å². The number of carbonyl (C=O) groups is 1. The lowest BCUT2D eigenvalue weighted by Gasteiger charge is -2.27. The minimum absolute atomic E-state index is 0.174. The average molecular weight is 468 g/mol. The summed E-state index contributed by atoms with van der Waals surface area (Å²) in [6, 6.07) is 2.03. The Labute approximate surface area is 198 Å². The zero-order chi connectivity index (χ0) is 23.9. The van der Waals surface area contributed by atoms with Crippen molar-refractivity contribution in [1.29, 1.82) is 0 Å². The van der Waals surface area contributed by atoms with Gasteiger partial charge in [-0.3, -0.25) is 9.48 Å². The van der Waals surface area contributed by atoms with E-state index in [0.29, 0.717) is 34.4 Å². The molecule has 10 nitrogen and oxygen atoms in total. The molecule has 2 saturated carbocycles. The lowest BCUT2D eigenvalue weighted by atomic mass is 9.87. The molecule has 182 valence electrons. The number of rotatable bonds is 8. The Bertz CT molecular complexity index is 1170. The van der Waals surface area contributed by atoms with Gasteiger partial charge >= 0.3 is 0 Å². The fraction of sp³-hybridized carbons (Fsp3) is 0.583. The van der Waals surface area contributed by atoms with Crippen molar-refractivity contribution in [3.63, 3.8) is 0 Å². The van der Waals surface area contributed by atoms with E-state index < -0.39 is 5.60 Å². The highest BCUT2D eigenvalue weighted by Gasteiger charge is 2.30. The van der Waals surface area contributed by atoms with Crippen molar-refractivity contribution in [3.8, 4) is 0 Å². The van der Waals surface area contributed by atoms with E-state index in [-0.39, 0.29) is 18.6 Å². The predicted octanol–water partition coefficient (Wildman–Crippen LogP) is 2.95. The first-order chi connectivity index (χ1) is 16.3. The van der Waals surface area contributed by atoms with E-state index >= 15 is 0 Å². The molecule has 5 rings (SSSR count). The first-order valence-corrected chi connectivity index (χ1v) is 12.1. The van der Waals surface area contributed by atoms with Crippen molar-refractivity contribution in [2.45, 2.75) is 64.0 Å². The Hall–Kier alpha value is -2.98. The molecule has 1 amide bonds. The monoisotopic (exact) mass is 467 g/mol. The van der Waals surface area contributed by atoms with Gasteiger partial charge in [-0.1, -0.05) is 0 Å². The quantitative estimate of drug-likeness (QED) is 0.401. The van der Waals surface area contributed by atoms with Crippen molar-refractivity contribution >= 4 is 23.1 Å². The molecule has 0 bridgehead atoms. The van der Waals surface area contributed by atoms with E-state index in [1.54, 1.807) is 30.8 Å². The molecular formula is C24H33N7O3. The lowest BCUT2D eigenvalue weighted by molar-refractivity contribution is 0.0729. The number of aliphatic hydroxyl groups is 2. The minimum Gasteiger partial charge on any atom is -0.396 e. The van der Waals surface area contributed by atoms with Crippen LogP contribution in [0.25, 0.3) is 5.65 Å². The summed E-state index contributed by atoms with van der Waals surface area (Å²) >= 11 is 0. The van der Waals surface area contributed by atoms with Gasteiger partial charge in [0.1, 0.15) is 22.7 Å². The Kier molecular flexibility index (Phi) is 6.03. The van der Waals surface area contributed by atoms with Crippen LogP contribution in [-0.4, -0.2) is 53.7 Å². The van der Waals surface area contributed by atoms with Gasteiger partial charge in [0.2, 0.25) is 0 Å². The molecule has 0 saturated heterocycles. The predicted molar refractivity (Wildman–Crippen MR) is 128 cm³/mol. The molecule has 4 N–H and O–H groups in total. The second kappa shape index (κ2) is 8.99. The topological polar surface area (TPSA) is 130 Å². The summed E-state index contributed by atoms with van der Waals surface area (Å²) in [5.41, 5.74) is 0.492. The fourth-order valence-electron chi connectivity index (χ4n) is 4.60. The van der Waals surface area contributed by atoms with Crippen LogP contribution in [0.2, 0.25) is 0 Å². The number of carbonyl (C=O) groups excluding carboxylic acids is 1. The second-order valence-corrected chi connectivity index (χ2v) is 10.2. The third kappa shape index (κ3) is 4.78. The van der Waals surface area contributed by atoms with E-state index in [9.17, 15) is 15.0 Å². The van der Waals surface area contributed by atoms with Gasteiger partial charge in [0.05, 0.1) is 17.9 Å². The van der Waals surface area contributed by atoms with Gasteiger partial charge in [-0.05, 0) is 70.3 Å². The summed E-state index contributed by atoms with van der Waals surface area (Å²) in [6.45, 7) is 4.42. The zero-order valence-corrected chi connectivity index (χ0v) is 19.7. The van der Waals surface area contributed by atoms with Gasteiger partial charge in [-0.2, -0.15) is 10.2 Å². The van der Waals surface area contributed by atoms with Crippen LogP contribution in [0.3, 0.4) is 0 Å². The third-order valence-corrected chi connectivity index (χ3v) is 6.89. The molecule has 3 heterocycles. The normalized spacial score (nSPS) is 21.1. The number of nitrogens with one attached hydrogen (secondary N) is 2. The smallest absolute Gasteiger partial charge is 0.261 e. The Morgan fingerprint density at radius 1 is 1.18 bits per heavy atom. The maximum Gasteiger partial charge on any atom is 0.261 e. The van der Waals surface area contributed by atoms with Crippen LogP contribution in [0.1, 0.15) is 74.5 Å². The molecule has 0 atom stereocenters. The molecule has 34 heavy (non-hydrogen) atoms. The number of aromatic nitrogens is 5. The van der Waals surface area contributed by atoms with Crippen LogP contribution >= 0.6 is 0 Å². The molecule has 0 unspecified atom stereocenters. The number of nitrogens with zero attached hydrogens (tertiary/aromatic N) is 5. The highest BCUT2D eigenvalue weighted by molar-refractivity contribution is 6.08. The summed E-state index contributed by atoms with van der Waals surface area (Å²) < 4.78 is 3.43. The molecule has 2 fully saturated rings. The van der Waals surface area contributed by atoms with Crippen molar-refractivity contribution in [2.75, 3.05) is 23.8 Å². The van der Waals surface area contributed by atoms with Gasteiger partial charge in [0.25, 0.3) is 5.91 Å². The summed E-state index contributed by atoms with van der Waals surface area (Å²) in [4.78, 5) is 17.9. The molecule has 10 heteroatoms. The van der Waals surface area contributed by atoms with E-state index in [1.807, 2.05) is 10.7 Å². The van der Waals surface area contributed by atoms with Crippen LogP contribution in [0, 0.1) is 11.8 Å². The third-order valence-electron chi connectivity index (χ3n) is 6.89. The largest absolute Gasteiger partial charge is 0.396 e. The maximum absolute atomic E-state index is 13.3. The summed E-state index contributed by atoms with van der Waals surface area (Å²) in [6.07, 6.45) is 11.3. The highest BCUT2D eigenvalue weighted by atomic mass is 16.3.